The second kappa shape index (κ2) is 18.3. The Morgan fingerprint density at radius 2 is 1.64 bits per heavy atom. The SMILES string of the molecule is CNC(=O)COc1cc2cc(Nc3nc(N4CCC(OC5CC(N6[C@@H](C)CN(c7ccc8c(c7)C(=O)N(C7CCC(=O)NC7=O)C8=O)C[C@@H]6C)C5)CC4)ncc3Cl)ccc2n(C(C)C)c1=O. The van der Waals surface area contributed by atoms with Crippen molar-refractivity contribution in [3.63, 3.8) is 0 Å². The minimum atomic E-state index is -0.993. The van der Waals surface area contributed by atoms with E-state index in [4.69, 9.17) is 26.1 Å². The van der Waals surface area contributed by atoms with Crippen LogP contribution in [0.15, 0.2) is 53.5 Å². The monoisotopic (exact) mass is 922 g/mol. The third-order valence-electron chi connectivity index (χ3n) is 13.5. The van der Waals surface area contributed by atoms with E-state index in [0.717, 1.165) is 73.4 Å². The van der Waals surface area contributed by atoms with Gasteiger partial charge < -0.3 is 34.5 Å². The van der Waals surface area contributed by atoms with Crippen molar-refractivity contribution in [2.75, 3.05) is 55.0 Å². The van der Waals surface area contributed by atoms with E-state index in [2.05, 4.69) is 49.5 Å². The molecule has 4 aromatic rings. The quantitative estimate of drug-likeness (QED) is 0.169. The van der Waals surface area contributed by atoms with Crippen LogP contribution in [0.3, 0.4) is 0 Å². The molecule has 5 amide bonds. The average molecular weight is 923 g/mol. The highest BCUT2D eigenvalue weighted by molar-refractivity contribution is 6.33. The van der Waals surface area contributed by atoms with Gasteiger partial charge in [-0.15, -0.1) is 0 Å². The Hall–Kier alpha value is -6.11. The number of fused-ring (bicyclic) bond motifs is 2. The number of ether oxygens (including phenoxy) is 2. The smallest absolute Gasteiger partial charge is 0.293 e. The second-order valence-electron chi connectivity index (χ2n) is 18.3. The Labute approximate surface area is 386 Å². The van der Waals surface area contributed by atoms with Crippen molar-refractivity contribution in [1.29, 1.82) is 0 Å². The molecule has 6 heterocycles. The predicted octanol–water partition coefficient (Wildman–Crippen LogP) is 4.41. The average Bonchev–Trinajstić information content (AvgIpc) is 3.52. The Kier molecular flexibility index (Phi) is 12.5. The van der Waals surface area contributed by atoms with Gasteiger partial charge in [-0.25, -0.2) is 4.98 Å². The van der Waals surface area contributed by atoms with Gasteiger partial charge in [0.2, 0.25) is 17.8 Å². The molecule has 2 aromatic heterocycles. The highest BCUT2D eigenvalue weighted by Gasteiger charge is 2.46. The van der Waals surface area contributed by atoms with Crippen LogP contribution in [-0.2, 0) is 19.1 Å². The van der Waals surface area contributed by atoms with Crippen LogP contribution in [0.2, 0.25) is 5.02 Å². The minimum Gasteiger partial charge on any atom is -0.478 e. The van der Waals surface area contributed by atoms with Crippen LogP contribution >= 0.6 is 11.6 Å². The number of pyridine rings is 1. The molecule has 4 fully saturated rings. The lowest BCUT2D eigenvalue weighted by molar-refractivity contribution is -0.136. The Balaban J connectivity index is 0.767. The molecule has 5 aliphatic rings. The van der Waals surface area contributed by atoms with E-state index < -0.39 is 29.7 Å². The van der Waals surface area contributed by atoms with E-state index in [1.54, 1.807) is 29.0 Å². The van der Waals surface area contributed by atoms with E-state index >= 15 is 0 Å². The molecule has 1 saturated carbocycles. The van der Waals surface area contributed by atoms with E-state index in [1.807, 2.05) is 38.1 Å². The van der Waals surface area contributed by atoms with Gasteiger partial charge in [-0.1, -0.05) is 11.6 Å². The van der Waals surface area contributed by atoms with Crippen LogP contribution in [0.1, 0.15) is 93.0 Å². The molecule has 3 atom stereocenters. The first-order valence-corrected chi connectivity index (χ1v) is 23.2. The first-order chi connectivity index (χ1) is 31.7. The third kappa shape index (κ3) is 8.68. The summed E-state index contributed by atoms with van der Waals surface area (Å²) in [4.78, 5) is 93.5. The van der Waals surface area contributed by atoms with Crippen LogP contribution in [0.4, 0.5) is 23.1 Å². The maximum Gasteiger partial charge on any atom is 0.293 e. The van der Waals surface area contributed by atoms with Crippen LogP contribution < -0.4 is 36.0 Å². The van der Waals surface area contributed by atoms with Gasteiger partial charge in [0.15, 0.2) is 18.2 Å². The zero-order chi connectivity index (χ0) is 46.6. The minimum absolute atomic E-state index is 0.0795. The molecule has 1 aliphatic carbocycles. The molecule has 0 spiro atoms. The Morgan fingerprint density at radius 1 is 0.909 bits per heavy atom. The van der Waals surface area contributed by atoms with Crippen molar-refractivity contribution < 1.29 is 33.4 Å². The fourth-order valence-electron chi connectivity index (χ4n) is 10.2. The molecular weight excluding hydrogens is 868 g/mol. The van der Waals surface area contributed by atoms with Gasteiger partial charge in [0.1, 0.15) is 11.1 Å². The Bertz CT molecular complexity index is 2650. The summed E-state index contributed by atoms with van der Waals surface area (Å²) in [5.41, 5.74) is 2.55. The van der Waals surface area contributed by atoms with Gasteiger partial charge in [0, 0.05) is 80.6 Å². The maximum absolute atomic E-state index is 13.5. The number of hydrogen-bond acceptors (Lipinski definition) is 14. The molecule has 348 valence electrons. The Morgan fingerprint density at radius 3 is 2.33 bits per heavy atom. The molecule has 0 bridgehead atoms. The van der Waals surface area contributed by atoms with Crippen LogP contribution in [0, 0.1) is 0 Å². The largest absolute Gasteiger partial charge is 0.478 e. The van der Waals surface area contributed by atoms with Gasteiger partial charge in [-0.05, 0) is 102 Å². The lowest BCUT2D eigenvalue weighted by atomic mass is 9.84. The van der Waals surface area contributed by atoms with Crippen molar-refractivity contribution >= 4 is 75.2 Å². The first-order valence-electron chi connectivity index (χ1n) is 22.8. The lowest BCUT2D eigenvalue weighted by Crippen LogP contribution is -2.63. The number of benzene rings is 2. The summed E-state index contributed by atoms with van der Waals surface area (Å²) in [6, 6.07) is 12.3. The summed E-state index contributed by atoms with van der Waals surface area (Å²) in [6.45, 7) is 11.0. The number of carbonyl (C=O) groups is 5. The standard InChI is InChI=1S/C47H55ClN10O8/c1-25(2)56-37-9-6-29(16-28(37)17-39(46(56)64)65-24-41(60)49-5)51-42-36(48)21-50-47(53-42)54-14-12-32(13-15-54)66-33-18-31(19-33)57-26(3)22-55(23-27(57)4)30-7-8-34-35(20-30)45(63)58(44(34)62)38-10-11-40(59)52-43(38)61/h6-9,16-17,20-21,25-27,31-33,38H,10-15,18-19,22-24H2,1-5H3,(H,49,60)(H,50,51,53)(H,52,59,61)/t26-,27-,31?,33?,38?/m0/s1. The number of rotatable bonds is 12. The fourth-order valence-corrected chi connectivity index (χ4v) is 10.4. The van der Waals surface area contributed by atoms with Crippen molar-refractivity contribution in [2.24, 2.45) is 0 Å². The van der Waals surface area contributed by atoms with Crippen molar-refractivity contribution in [3.05, 3.63) is 75.2 Å². The number of carbonyl (C=O) groups excluding carboxylic acids is 5. The van der Waals surface area contributed by atoms with Crippen LogP contribution in [-0.4, -0.2) is 130 Å². The van der Waals surface area contributed by atoms with Gasteiger partial charge in [0.05, 0.1) is 35.0 Å². The number of piperazine rings is 1. The summed E-state index contributed by atoms with van der Waals surface area (Å²) in [5.74, 6) is -1.25. The molecular formula is C47H55ClN10O8. The normalized spacial score (nSPS) is 23.9. The number of halogens is 1. The summed E-state index contributed by atoms with van der Waals surface area (Å²) >= 11 is 6.61. The summed E-state index contributed by atoms with van der Waals surface area (Å²) in [5, 5.41) is 9.19. The maximum atomic E-state index is 13.5. The number of hydrogen-bond donors (Lipinski definition) is 3. The number of aromatic nitrogens is 3. The molecule has 0 radical (unpaired) electrons. The molecule has 18 nitrogen and oxygen atoms in total. The van der Waals surface area contributed by atoms with Gasteiger partial charge >= 0.3 is 0 Å². The van der Waals surface area contributed by atoms with E-state index in [0.29, 0.717) is 34.1 Å². The highest BCUT2D eigenvalue weighted by Crippen LogP contribution is 2.38. The molecule has 9 rings (SSSR count). The van der Waals surface area contributed by atoms with Crippen molar-refractivity contribution in [3.8, 4) is 5.75 Å². The highest BCUT2D eigenvalue weighted by atomic mass is 35.5. The molecule has 1 unspecified atom stereocenters. The zero-order valence-corrected chi connectivity index (χ0v) is 38.5. The van der Waals surface area contributed by atoms with Crippen LogP contribution in [0.25, 0.3) is 10.9 Å². The molecule has 3 N–H and O–H groups in total. The number of imide groups is 2. The molecule has 3 saturated heterocycles. The number of piperidine rings is 2. The third-order valence-corrected chi connectivity index (χ3v) is 13.8. The van der Waals surface area contributed by atoms with Gasteiger partial charge in [-0.3, -0.25) is 43.9 Å². The lowest BCUT2D eigenvalue weighted by Gasteiger charge is -2.53. The topological polar surface area (TPSA) is 201 Å². The van der Waals surface area contributed by atoms with E-state index in [-0.39, 0.29) is 72.6 Å². The number of nitrogens with zero attached hydrogens (tertiary/aromatic N) is 7. The van der Waals surface area contributed by atoms with Gasteiger partial charge in [-0.2, -0.15) is 4.98 Å². The molecule has 19 heteroatoms. The zero-order valence-electron chi connectivity index (χ0n) is 37.7. The van der Waals surface area contributed by atoms with Gasteiger partial charge in [0.25, 0.3) is 23.3 Å². The second-order valence-corrected chi connectivity index (χ2v) is 18.7. The van der Waals surface area contributed by atoms with Crippen molar-refractivity contribution in [2.45, 2.75) is 109 Å². The summed E-state index contributed by atoms with van der Waals surface area (Å²) in [6.07, 6.45) is 5.73. The fraction of sp³-hybridized carbons (Fsp3) is 0.489. The first kappa shape index (κ1) is 45.1. The number of likely N-dealkylation sites (N-methyl/N-ethyl adjacent to an activating group) is 1. The molecule has 66 heavy (non-hydrogen) atoms. The molecule has 4 aliphatic heterocycles. The molecule has 2 aromatic carbocycles. The van der Waals surface area contributed by atoms with E-state index in [9.17, 15) is 28.8 Å². The summed E-state index contributed by atoms with van der Waals surface area (Å²) in [7, 11) is 1.51. The number of nitrogens with one attached hydrogen (secondary N) is 3. The van der Waals surface area contributed by atoms with E-state index in [1.165, 1.54) is 7.05 Å². The predicted molar refractivity (Wildman–Crippen MR) is 248 cm³/mol. The summed E-state index contributed by atoms with van der Waals surface area (Å²) < 4.78 is 13.9. The number of amides is 5. The van der Waals surface area contributed by atoms with Crippen molar-refractivity contribution in [1.82, 2.24) is 35.0 Å². The number of anilines is 4. The van der Waals surface area contributed by atoms with Crippen LogP contribution in [0.5, 0.6) is 5.75 Å².